The molecule has 5 nitrogen and oxygen atoms in total. The van der Waals surface area contributed by atoms with Crippen molar-refractivity contribution in [3.63, 3.8) is 0 Å². The van der Waals surface area contributed by atoms with Gasteiger partial charge in [0.1, 0.15) is 23.6 Å². The van der Waals surface area contributed by atoms with Crippen LogP contribution in [0.25, 0.3) is 0 Å². The first-order valence-corrected chi connectivity index (χ1v) is 6.03. The first-order chi connectivity index (χ1) is 8.99. The lowest BCUT2D eigenvalue weighted by Gasteiger charge is -2.08. The molecule has 19 heavy (non-hydrogen) atoms. The van der Waals surface area contributed by atoms with Crippen LogP contribution in [0.1, 0.15) is 27.3 Å². The molecule has 1 aromatic heterocycles. The average Bonchev–Trinajstić information content (AvgIpc) is 2.69. The van der Waals surface area contributed by atoms with E-state index in [1.54, 1.807) is 25.1 Å². The molecule has 2 aromatic rings. The van der Waals surface area contributed by atoms with E-state index in [1.807, 2.05) is 6.92 Å². The smallest absolute Gasteiger partial charge is 0.339 e. The van der Waals surface area contributed by atoms with Crippen molar-refractivity contribution >= 4 is 17.6 Å². The van der Waals surface area contributed by atoms with Crippen LogP contribution in [-0.2, 0) is 6.61 Å². The molecule has 2 N–H and O–H groups in total. The molecule has 0 unspecified atom stereocenters. The number of ether oxygens (including phenoxy) is 1. The molecule has 0 aliphatic rings. The fraction of sp³-hybridized carbons (Fsp3) is 0.231. The summed E-state index contributed by atoms with van der Waals surface area (Å²) in [4.78, 5) is 11.1. The Morgan fingerprint density at radius 2 is 2.21 bits per heavy atom. The van der Waals surface area contributed by atoms with Gasteiger partial charge in [-0.25, -0.2) is 4.79 Å². The normalized spacial score (nSPS) is 10.5. The van der Waals surface area contributed by atoms with Crippen LogP contribution in [0.4, 0.5) is 0 Å². The van der Waals surface area contributed by atoms with Crippen molar-refractivity contribution in [2.24, 2.45) is 0 Å². The first kappa shape index (κ1) is 13.4. The highest BCUT2D eigenvalue weighted by Crippen LogP contribution is 2.23. The minimum Gasteiger partial charge on any atom is -0.487 e. The highest BCUT2D eigenvalue weighted by Gasteiger charge is 2.17. The van der Waals surface area contributed by atoms with E-state index >= 15 is 0 Å². The predicted octanol–water partition coefficient (Wildman–Crippen LogP) is 2.96. The lowest BCUT2D eigenvalue weighted by atomic mass is 10.2. The minimum absolute atomic E-state index is 0.0917. The van der Waals surface area contributed by atoms with Crippen LogP contribution in [0.15, 0.2) is 18.2 Å². The molecule has 100 valence electrons. The number of aromatic carboxylic acids is 1. The zero-order valence-electron chi connectivity index (χ0n) is 10.5. The number of carbonyl (C=O) groups is 1. The number of hydrogen-bond donors (Lipinski definition) is 2. The summed E-state index contributed by atoms with van der Waals surface area (Å²) in [5.41, 5.74) is 1.93. The average molecular weight is 281 g/mol. The Hall–Kier alpha value is -2.01. The second-order valence-electron chi connectivity index (χ2n) is 4.17. The summed E-state index contributed by atoms with van der Waals surface area (Å²) in [5, 5.41) is 16.3. The molecule has 2 rings (SSSR count). The summed E-state index contributed by atoms with van der Waals surface area (Å²) in [6.07, 6.45) is 0. The van der Waals surface area contributed by atoms with Gasteiger partial charge in [0.05, 0.1) is 0 Å². The third-order valence-electron chi connectivity index (χ3n) is 2.74. The van der Waals surface area contributed by atoms with E-state index in [1.165, 1.54) is 0 Å². The minimum atomic E-state index is -1.02. The molecule has 0 aliphatic carbocycles. The van der Waals surface area contributed by atoms with Crippen LogP contribution in [-0.4, -0.2) is 21.3 Å². The summed E-state index contributed by atoms with van der Waals surface area (Å²) in [6.45, 7) is 3.62. The van der Waals surface area contributed by atoms with Gasteiger partial charge in [-0.3, -0.25) is 5.10 Å². The number of H-pyrrole nitrogens is 1. The molecule has 6 heteroatoms. The number of aryl methyl sites for hydroxylation is 2. The van der Waals surface area contributed by atoms with Gasteiger partial charge in [-0.1, -0.05) is 11.6 Å². The van der Waals surface area contributed by atoms with Gasteiger partial charge in [0.25, 0.3) is 0 Å². The third kappa shape index (κ3) is 2.88. The molecule has 0 radical (unpaired) electrons. The summed E-state index contributed by atoms with van der Waals surface area (Å²) in [7, 11) is 0. The maximum absolute atomic E-state index is 11.1. The second kappa shape index (κ2) is 5.32. The topological polar surface area (TPSA) is 75.2 Å². The highest BCUT2D eigenvalue weighted by atomic mass is 35.5. The van der Waals surface area contributed by atoms with E-state index in [0.717, 1.165) is 5.56 Å². The highest BCUT2D eigenvalue weighted by molar-refractivity contribution is 6.30. The Labute approximate surface area is 115 Å². The van der Waals surface area contributed by atoms with Gasteiger partial charge in [0.15, 0.2) is 0 Å². The Bertz CT molecular complexity index is 622. The largest absolute Gasteiger partial charge is 0.487 e. The number of halogens is 1. The van der Waals surface area contributed by atoms with E-state index in [9.17, 15) is 4.79 Å². The fourth-order valence-electron chi connectivity index (χ4n) is 1.79. The summed E-state index contributed by atoms with van der Waals surface area (Å²) < 4.78 is 5.58. The van der Waals surface area contributed by atoms with Crippen molar-refractivity contribution < 1.29 is 14.6 Å². The van der Waals surface area contributed by atoms with Crippen molar-refractivity contribution in [2.45, 2.75) is 20.5 Å². The van der Waals surface area contributed by atoms with Crippen molar-refractivity contribution in [1.29, 1.82) is 0 Å². The molecule has 0 fully saturated rings. The molecule has 0 amide bonds. The zero-order valence-corrected chi connectivity index (χ0v) is 11.3. The van der Waals surface area contributed by atoms with Crippen LogP contribution in [0.3, 0.4) is 0 Å². The predicted molar refractivity (Wildman–Crippen MR) is 70.8 cm³/mol. The summed E-state index contributed by atoms with van der Waals surface area (Å²) in [5.74, 6) is -0.362. The molecule has 0 bridgehead atoms. The Balaban J connectivity index is 2.17. The van der Waals surface area contributed by atoms with Crippen LogP contribution >= 0.6 is 11.6 Å². The van der Waals surface area contributed by atoms with Gasteiger partial charge >= 0.3 is 5.97 Å². The number of carboxylic acid groups (broad SMARTS) is 1. The van der Waals surface area contributed by atoms with Crippen molar-refractivity contribution in [3.05, 3.63) is 45.7 Å². The van der Waals surface area contributed by atoms with E-state index < -0.39 is 5.97 Å². The quantitative estimate of drug-likeness (QED) is 0.903. The summed E-state index contributed by atoms with van der Waals surface area (Å²) >= 11 is 5.85. The monoisotopic (exact) mass is 280 g/mol. The molecule has 0 saturated carbocycles. The molecular weight excluding hydrogens is 268 g/mol. The van der Waals surface area contributed by atoms with Gasteiger partial charge in [0.2, 0.25) is 0 Å². The number of carboxylic acids is 1. The molecule has 0 atom stereocenters. The standard InChI is InChI=1S/C13H13ClN2O3/c1-7-5-9(14)3-4-11(7)19-6-10-12(13(17)18)8(2)15-16-10/h3-5H,6H2,1-2H3,(H,15,16)(H,17,18). The fourth-order valence-corrected chi connectivity index (χ4v) is 2.02. The Kier molecular flexibility index (Phi) is 3.76. The van der Waals surface area contributed by atoms with Gasteiger partial charge in [-0.15, -0.1) is 0 Å². The Morgan fingerprint density at radius 1 is 1.47 bits per heavy atom. The van der Waals surface area contributed by atoms with Gasteiger partial charge < -0.3 is 9.84 Å². The number of aromatic nitrogens is 2. The van der Waals surface area contributed by atoms with Crippen LogP contribution in [0.5, 0.6) is 5.75 Å². The number of nitrogens with one attached hydrogen (secondary N) is 1. The molecule has 0 saturated heterocycles. The molecule has 0 aliphatic heterocycles. The number of aromatic amines is 1. The lowest BCUT2D eigenvalue weighted by molar-refractivity contribution is 0.0693. The lowest BCUT2D eigenvalue weighted by Crippen LogP contribution is -2.05. The van der Waals surface area contributed by atoms with Gasteiger partial charge in [0, 0.05) is 10.7 Å². The number of rotatable bonds is 4. The number of hydrogen-bond acceptors (Lipinski definition) is 3. The molecule has 0 spiro atoms. The number of benzene rings is 1. The second-order valence-corrected chi connectivity index (χ2v) is 4.61. The number of nitrogens with zero attached hydrogens (tertiary/aromatic N) is 1. The molecular formula is C13H13ClN2O3. The van der Waals surface area contributed by atoms with Gasteiger partial charge in [-0.2, -0.15) is 5.10 Å². The SMILES string of the molecule is Cc1cc(Cl)ccc1OCc1n[nH]c(C)c1C(=O)O. The van der Waals surface area contributed by atoms with Crippen LogP contribution in [0.2, 0.25) is 5.02 Å². The van der Waals surface area contributed by atoms with E-state index in [0.29, 0.717) is 22.2 Å². The first-order valence-electron chi connectivity index (χ1n) is 5.65. The van der Waals surface area contributed by atoms with E-state index in [2.05, 4.69) is 10.2 Å². The van der Waals surface area contributed by atoms with Crippen molar-refractivity contribution in [3.8, 4) is 5.75 Å². The zero-order chi connectivity index (χ0) is 14.0. The summed E-state index contributed by atoms with van der Waals surface area (Å²) in [6, 6.07) is 5.25. The van der Waals surface area contributed by atoms with Crippen LogP contribution < -0.4 is 4.74 Å². The third-order valence-corrected chi connectivity index (χ3v) is 2.97. The van der Waals surface area contributed by atoms with E-state index in [4.69, 9.17) is 21.4 Å². The molecule has 1 heterocycles. The van der Waals surface area contributed by atoms with Crippen molar-refractivity contribution in [1.82, 2.24) is 10.2 Å². The molecule has 1 aromatic carbocycles. The maximum Gasteiger partial charge on any atom is 0.339 e. The van der Waals surface area contributed by atoms with Crippen molar-refractivity contribution in [2.75, 3.05) is 0 Å². The van der Waals surface area contributed by atoms with Gasteiger partial charge in [-0.05, 0) is 37.6 Å². The van der Waals surface area contributed by atoms with Crippen LogP contribution in [0, 0.1) is 13.8 Å². The Morgan fingerprint density at radius 3 is 2.84 bits per heavy atom. The maximum atomic E-state index is 11.1. The van der Waals surface area contributed by atoms with E-state index in [-0.39, 0.29) is 12.2 Å².